The first kappa shape index (κ1) is 15.0. The molecule has 6 nitrogen and oxygen atoms in total. The Hall–Kier alpha value is -2.08. The minimum Gasteiger partial charge on any atom is -0.479 e. The summed E-state index contributed by atoms with van der Waals surface area (Å²) in [5.41, 5.74) is 0.518. The van der Waals surface area contributed by atoms with Crippen LogP contribution >= 0.6 is 0 Å². The summed E-state index contributed by atoms with van der Waals surface area (Å²) in [6, 6.07) is 6.91. The Labute approximate surface area is 111 Å². The van der Waals surface area contributed by atoms with Gasteiger partial charge in [-0.25, -0.2) is 9.59 Å². The molecule has 2 amide bonds. The van der Waals surface area contributed by atoms with Crippen LogP contribution in [0.15, 0.2) is 30.3 Å². The van der Waals surface area contributed by atoms with Gasteiger partial charge in [0, 0.05) is 13.7 Å². The number of benzene rings is 1. The number of rotatable bonds is 6. The van der Waals surface area contributed by atoms with Crippen LogP contribution < -0.4 is 10.6 Å². The molecule has 0 heterocycles. The first-order chi connectivity index (χ1) is 9.04. The predicted molar refractivity (Wildman–Crippen MR) is 69.8 cm³/mol. The lowest BCUT2D eigenvalue weighted by Gasteiger charge is -2.16. The number of urea groups is 1. The molecule has 1 aromatic carbocycles. The minimum absolute atomic E-state index is 0.134. The first-order valence-electron chi connectivity index (χ1n) is 5.89. The van der Waals surface area contributed by atoms with Gasteiger partial charge in [-0.1, -0.05) is 30.3 Å². The third-order valence-corrected chi connectivity index (χ3v) is 2.61. The Bertz CT molecular complexity index is 422. The van der Waals surface area contributed by atoms with Crippen molar-refractivity contribution in [3.63, 3.8) is 0 Å². The van der Waals surface area contributed by atoms with Crippen LogP contribution in [-0.4, -0.2) is 36.9 Å². The van der Waals surface area contributed by atoms with Gasteiger partial charge < -0.3 is 20.5 Å². The third kappa shape index (κ3) is 4.97. The smallest absolute Gasteiger partial charge is 0.330 e. The Morgan fingerprint density at radius 2 is 1.95 bits per heavy atom. The fourth-order valence-corrected chi connectivity index (χ4v) is 1.44. The lowest BCUT2D eigenvalue weighted by atomic mass is 10.1. The lowest BCUT2D eigenvalue weighted by Crippen LogP contribution is -2.43. The van der Waals surface area contributed by atoms with Crippen LogP contribution in [0.4, 0.5) is 4.79 Å². The van der Waals surface area contributed by atoms with Gasteiger partial charge in [-0.15, -0.1) is 0 Å². The zero-order chi connectivity index (χ0) is 14.3. The van der Waals surface area contributed by atoms with E-state index in [9.17, 15) is 9.59 Å². The van der Waals surface area contributed by atoms with E-state index in [2.05, 4.69) is 10.6 Å². The number of amides is 2. The zero-order valence-electron chi connectivity index (χ0n) is 10.9. The normalized spacial score (nSPS) is 13.4. The molecule has 0 saturated heterocycles. The van der Waals surface area contributed by atoms with Crippen LogP contribution in [0.1, 0.15) is 18.5 Å². The van der Waals surface area contributed by atoms with E-state index in [0.717, 1.165) is 0 Å². The van der Waals surface area contributed by atoms with E-state index in [0.29, 0.717) is 12.1 Å². The van der Waals surface area contributed by atoms with Gasteiger partial charge in [0.05, 0.1) is 6.10 Å². The summed E-state index contributed by atoms with van der Waals surface area (Å²) in [7, 11) is 1.54. The first-order valence-corrected chi connectivity index (χ1v) is 5.89. The number of carboxylic acids is 1. The number of carbonyl (C=O) groups is 2. The number of aliphatic carboxylic acids is 1. The molecular formula is C13H18N2O4. The van der Waals surface area contributed by atoms with Gasteiger partial charge in [-0.2, -0.15) is 0 Å². The molecule has 1 unspecified atom stereocenters. The van der Waals surface area contributed by atoms with Crippen LogP contribution in [0.3, 0.4) is 0 Å². The Morgan fingerprint density at radius 1 is 1.32 bits per heavy atom. The highest BCUT2D eigenvalue weighted by atomic mass is 16.5. The average Bonchev–Trinajstić information content (AvgIpc) is 2.42. The van der Waals surface area contributed by atoms with E-state index in [-0.39, 0.29) is 6.10 Å². The largest absolute Gasteiger partial charge is 0.479 e. The molecule has 104 valence electrons. The minimum atomic E-state index is -1.11. The number of nitrogens with one attached hydrogen (secondary N) is 2. The summed E-state index contributed by atoms with van der Waals surface area (Å²) >= 11 is 0. The molecular weight excluding hydrogens is 248 g/mol. The molecule has 0 spiro atoms. The van der Waals surface area contributed by atoms with E-state index >= 15 is 0 Å². The van der Waals surface area contributed by atoms with Crippen LogP contribution in [0.2, 0.25) is 0 Å². The van der Waals surface area contributed by atoms with Gasteiger partial charge in [-0.05, 0) is 12.5 Å². The fourth-order valence-electron chi connectivity index (χ4n) is 1.44. The number of hydrogen-bond donors (Lipinski definition) is 3. The van der Waals surface area contributed by atoms with E-state index in [1.165, 1.54) is 7.11 Å². The Kier molecular flexibility index (Phi) is 5.81. The molecule has 3 N–H and O–H groups in total. The van der Waals surface area contributed by atoms with Crippen molar-refractivity contribution < 1.29 is 19.4 Å². The van der Waals surface area contributed by atoms with Crippen molar-refractivity contribution in [1.29, 1.82) is 0 Å². The number of ether oxygens (including phenoxy) is 1. The van der Waals surface area contributed by atoms with Gasteiger partial charge in [0.15, 0.2) is 6.04 Å². The second-order valence-corrected chi connectivity index (χ2v) is 4.08. The molecule has 6 heteroatoms. The van der Waals surface area contributed by atoms with Crippen LogP contribution in [0.5, 0.6) is 0 Å². The Balaban J connectivity index is 2.60. The van der Waals surface area contributed by atoms with Crippen molar-refractivity contribution in [3.05, 3.63) is 35.9 Å². The molecule has 0 aliphatic rings. The number of methoxy groups -OCH3 is 1. The maximum absolute atomic E-state index is 11.6. The molecule has 19 heavy (non-hydrogen) atoms. The molecule has 1 rings (SSSR count). The topological polar surface area (TPSA) is 87.7 Å². The van der Waals surface area contributed by atoms with Crippen molar-refractivity contribution in [2.45, 2.75) is 19.1 Å². The lowest BCUT2D eigenvalue weighted by molar-refractivity contribution is -0.139. The molecule has 1 aromatic rings. The second-order valence-electron chi connectivity index (χ2n) is 4.08. The fraction of sp³-hybridized carbons (Fsp3) is 0.385. The van der Waals surface area contributed by atoms with E-state index in [1.54, 1.807) is 37.3 Å². The molecule has 0 fully saturated rings. The van der Waals surface area contributed by atoms with Gasteiger partial charge in [0.1, 0.15) is 0 Å². The predicted octanol–water partition coefficient (Wildman–Crippen LogP) is 1.15. The van der Waals surface area contributed by atoms with Crippen molar-refractivity contribution in [2.24, 2.45) is 0 Å². The number of carboxylic acid groups (broad SMARTS) is 1. The highest BCUT2D eigenvalue weighted by molar-refractivity contribution is 5.83. The number of hydrogen-bond acceptors (Lipinski definition) is 3. The van der Waals surface area contributed by atoms with E-state index in [1.807, 2.05) is 0 Å². The van der Waals surface area contributed by atoms with E-state index in [4.69, 9.17) is 9.84 Å². The molecule has 2 atom stereocenters. The van der Waals surface area contributed by atoms with Gasteiger partial charge >= 0.3 is 12.0 Å². The molecule has 0 aliphatic carbocycles. The maximum Gasteiger partial charge on any atom is 0.330 e. The quantitative estimate of drug-likeness (QED) is 0.720. The summed E-state index contributed by atoms with van der Waals surface area (Å²) < 4.78 is 4.98. The summed E-state index contributed by atoms with van der Waals surface area (Å²) in [4.78, 5) is 22.8. The maximum atomic E-state index is 11.6. The molecule has 0 saturated carbocycles. The molecule has 0 radical (unpaired) electrons. The van der Waals surface area contributed by atoms with Crippen molar-refractivity contribution in [3.8, 4) is 0 Å². The second kappa shape index (κ2) is 7.38. The molecule has 0 aliphatic heterocycles. The summed E-state index contributed by atoms with van der Waals surface area (Å²) in [6.07, 6.45) is -0.134. The Morgan fingerprint density at radius 3 is 2.47 bits per heavy atom. The van der Waals surface area contributed by atoms with Crippen molar-refractivity contribution in [2.75, 3.05) is 13.7 Å². The molecule has 0 aromatic heterocycles. The van der Waals surface area contributed by atoms with Gasteiger partial charge in [0.25, 0.3) is 0 Å². The van der Waals surface area contributed by atoms with Crippen molar-refractivity contribution >= 4 is 12.0 Å². The van der Waals surface area contributed by atoms with Crippen LogP contribution in [0.25, 0.3) is 0 Å². The summed E-state index contributed by atoms with van der Waals surface area (Å²) in [6.45, 7) is 2.11. The summed E-state index contributed by atoms with van der Waals surface area (Å²) in [5.74, 6) is -1.11. The van der Waals surface area contributed by atoms with Crippen LogP contribution in [0, 0.1) is 0 Å². The molecule has 0 bridgehead atoms. The SMILES string of the molecule is COC(C)CNC(=O)N[C@@H](C(=O)O)c1ccccc1. The average molecular weight is 266 g/mol. The monoisotopic (exact) mass is 266 g/mol. The summed E-state index contributed by atoms with van der Waals surface area (Å²) in [5, 5.41) is 14.1. The van der Waals surface area contributed by atoms with Gasteiger partial charge in [-0.3, -0.25) is 0 Å². The zero-order valence-corrected chi connectivity index (χ0v) is 10.9. The number of carbonyl (C=O) groups excluding carboxylic acids is 1. The van der Waals surface area contributed by atoms with Gasteiger partial charge in [0.2, 0.25) is 0 Å². The van der Waals surface area contributed by atoms with E-state index < -0.39 is 18.0 Å². The standard InChI is InChI=1S/C13H18N2O4/c1-9(19-2)8-14-13(18)15-11(12(16)17)10-6-4-3-5-7-10/h3-7,9,11H,8H2,1-2H3,(H,16,17)(H2,14,15,18)/t9?,11-/m1/s1. The van der Waals surface area contributed by atoms with Crippen LogP contribution in [-0.2, 0) is 9.53 Å². The highest BCUT2D eigenvalue weighted by Gasteiger charge is 2.21. The highest BCUT2D eigenvalue weighted by Crippen LogP contribution is 2.12. The van der Waals surface area contributed by atoms with Crippen molar-refractivity contribution in [1.82, 2.24) is 10.6 Å². The third-order valence-electron chi connectivity index (χ3n) is 2.61.